The molecule has 0 unspecified atom stereocenters. The first-order valence-electron chi connectivity index (χ1n) is 12.8. The van der Waals surface area contributed by atoms with Crippen LogP contribution in [0.15, 0.2) is 90.0 Å². The molecule has 0 atom stereocenters. The third-order valence-corrected chi connectivity index (χ3v) is 7.93. The van der Waals surface area contributed by atoms with Crippen LogP contribution >= 0.6 is 0 Å². The van der Waals surface area contributed by atoms with Crippen LogP contribution in [0.5, 0.6) is 0 Å². The molecule has 0 aliphatic carbocycles. The molecule has 0 fully saturated rings. The maximum Gasteiger partial charge on any atom is 0.337 e. The van der Waals surface area contributed by atoms with Crippen LogP contribution < -0.4 is 4.72 Å². The second-order valence-electron chi connectivity index (χ2n) is 9.33. The van der Waals surface area contributed by atoms with Crippen molar-refractivity contribution in [3.63, 3.8) is 0 Å². The van der Waals surface area contributed by atoms with Gasteiger partial charge in [0.1, 0.15) is 4.90 Å². The Labute approximate surface area is 234 Å². The molecule has 0 bridgehead atoms. The molecule has 0 aliphatic rings. The summed E-state index contributed by atoms with van der Waals surface area (Å²) in [5.74, 6) is -0.504. The third kappa shape index (κ3) is 6.83. The number of ether oxygens (including phenoxy) is 1. The van der Waals surface area contributed by atoms with E-state index in [1.165, 1.54) is 13.2 Å². The molecule has 0 saturated heterocycles. The van der Waals surface area contributed by atoms with Gasteiger partial charge < -0.3 is 14.5 Å². The highest BCUT2D eigenvalue weighted by Gasteiger charge is 2.19. The van der Waals surface area contributed by atoms with Gasteiger partial charge in [-0.2, -0.15) is 0 Å². The summed E-state index contributed by atoms with van der Waals surface area (Å²) >= 11 is 0. The number of nitrogens with zero attached hydrogens (tertiary/aromatic N) is 3. The van der Waals surface area contributed by atoms with Gasteiger partial charge in [-0.3, -0.25) is 14.5 Å². The number of sulfonamides is 1. The molecule has 4 aromatic rings. The van der Waals surface area contributed by atoms with E-state index in [0.717, 1.165) is 10.9 Å². The smallest absolute Gasteiger partial charge is 0.337 e. The highest BCUT2D eigenvalue weighted by Crippen LogP contribution is 2.23. The van der Waals surface area contributed by atoms with Gasteiger partial charge in [-0.1, -0.05) is 30.3 Å². The van der Waals surface area contributed by atoms with Crippen molar-refractivity contribution in [1.29, 1.82) is 0 Å². The number of pyridine rings is 1. The molecule has 0 aliphatic heterocycles. The number of benzene rings is 3. The number of fused-ring (bicyclic) bond motifs is 1. The topological polar surface area (TPSA) is 109 Å². The number of likely N-dealkylation sites (N-methyl/N-ethyl adjacent to an activating group) is 2. The lowest BCUT2D eigenvalue weighted by molar-refractivity contribution is 0.0600. The van der Waals surface area contributed by atoms with E-state index in [9.17, 15) is 18.0 Å². The van der Waals surface area contributed by atoms with Crippen LogP contribution in [0.1, 0.15) is 33.2 Å². The Morgan fingerprint density at radius 1 is 0.900 bits per heavy atom. The van der Waals surface area contributed by atoms with Crippen LogP contribution in [-0.2, 0) is 21.3 Å². The molecule has 1 aromatic heterocycles. The van der Waals surface area contributed by atoms with Crippen LogP contribution in [0.25, 0.3) is 10.9 Å². The number of methoxy groups -OCH3 is 1. The Kier molecular flexibility index (Phi) is 9.13. The highest BCUT2D eigenvalue weighted by molar-refractivity contribution is 7.93. The van der Waals surface area contributed by atoms with Gasteiger partial charge in [-0.15, -0.1) is 0 Å². The minimum absolute atomic E-state index is 0.0893. The van der Waals surface area contributed by atoms with Gasteiger partial charge >= 0.3 is 5.97 Å². The Morgan fingerprint density at radius 3 is 2.25 bits per heavy atom. The fourth-order valence-electron chi connectivity index (χ4n) is 4.32. The standard InChI is InChI=1S/C30H32N4O5S/c1-4-34(20-19-33(2)21-22-10-12-25(13-11-22)30(36)39-3)29(35)24-14-16-26(17-15-24)32-40(37,38)27-9-5-7-23-8-6-18-31-28(23)27/h5-18,32H,4,19-21H2,1-3H3. The van der Waals surface area contributed by atoms with Crippen molar-refractivity contribution >= 4 is 38.5 Å². The quantitative estimate of drug-likeness (QED) is 0.271. The van der Waals surface area contributed by atoms with Crippen LogP contribution in [0.3, 0.4) is 0 Å². The lowest BCUT2D eigenvalue weighted by Gasteiger charge is -2.25. The molecule has 0 spiro atoms. The molecule has 10 heteroatoms. The number of aromatic nitrogens is 1. The van der Waals surface area contributed by atoms with E-state index in [0.29, 0.717) is 48.5 Å². The minimum atomic E-state index is -3.88. The predicted octanol–water partition coefficient (Wildman–Crippen LogP) is 4.42. The average Bonchev–Trinajstić information content (AvgIpc) is 2.97. The lowest BCUT2D eigenvalue weighted by atomic mass is 10.1. The first kappa shape index (κ1) is 28.7. The second-order valence-corrected chi connectivity index (χ2v) is 11.0. The third-order valence-electron chi connectivity index (χ3n) is 6.52. The summed E-state index contributed by atoms with van der Waals surface area (Å²) in [6.07, 6.45) is 1.56. The number of anilines is 1. The normalized spacial score (nSPS) is 11.4. The lowest BCUT2D eigenvalue weighted by Crippen LogP contribution is -2.37. The van der Waals surface area contributed by atoms with Crippen molar-refractivity contribution in [2.45, 2.75) is 18.4 Å². The van der Waals surface area contributed by atoms with Crippen molar-refractivity contribution < 1.29 is 22.7 Å². The Balaban J connectivity index is 1.36. The largest absolute Gasteiger partial charge is 0.465 e. The van der Waals surface area contributed by atoms with Crippen molar-refractivity contribution in [2.75, 3.05) is 38.5 Å². The van der Waals surface area contributed by atoms with Crippen molar-refractivity contribution in [3.8, 4) is 0 Å². The first-order chi connectivity index (χ1) is 19.2. The van der Waals surface area contributed by atoms with Gasteiger partial charge in [0, 0.05) is 49.0 Å². The molecule has 1 amide bonds. The number of nitrogens with one attached hydrogen (secondary N) is 1. The molecule has 208 valence electrons. The van der Waals surface area contributed by atoms with Crippen LogP contribution in [0.2, 0.25) is 0 Å². The maximum absolute atomic E-state index is 13.2. The van der Waals surface area contributed by atoms with Crippen molar-refractivity contribution in [2.24, 2.45) is 0 Å². The summed E-state index contributed by atoms with van der Waals surface area (Å²) in [7, 11) is -0.558. The molecule has 0 saturated carbocycles. The summed E-state index contributed by atoms with van der Waals surface area (Å²) in [6.45, 7) is 4.28. The number of rotatable bonds is 11. The minimum Gasteiger partial charge on any atom is -0.465 e. The number of carbonyl (C=O) groups is 2. The van der Waals surface area contributed by atoms with Gasteiger partial charge in [0.15, 0.2) is 0 Å². The summed E-state index contributed by atoms with van der Waals surface area (Å²) in [6, 6.07) is 22.2. The summed E-state index contributed by atoms with van der Waals surface area (Å²) < 4.78 is 33.5. The number of carbonyl (C=O) groups excluding carboxylic acids is 2. The van der Waals surface area contributed by atoms with E-state index < -0.39 is 10.0 Å². The SMILES string of the molecule is CCN(CCN(C)Cc1ccc(C(=O)OC)cc1)C(=O)c1ccc(NS(=O)(=O)c2cccc3cccnc23)cc1. The first-order valence-corrected chi connectivity index (χ1v) is 14.3. The van der Waals surface area contributed by atoms with Gasteiger partial charge in [-0.05, 0) is 68.1 Å². The van der Waals surface area contributed by atoms with Crippen molar-refractivity contribution in [1.82, 2.24) is 14.8 Å². The monoisotopic (exact) mass is 560 g/mol. The zero-order chi connectivity index (χ0) is 28.7. The van der Waals surface area contributed by atoms with Gasteiger partial charge in [0.05, 0.1) is 18.2 Å². The number of esters is 1. The van der Waals surface area contributed by atoms with Gasteiger partial charge in [0.2, 0.25) is 0 Å². The number of para-hydroxylation sites is 1. The van der Waals surface area contributed by atoms with Gasteiger partial charge in [0.25, 0.3) is 15.9 Å². The second kappa shape index (κ2) is 12.7. The molecule has 4 rings (SSSR count). The Morgan fingerprint density at radius 2 is 1.57 bits per heavy atom. The highest BCUT2D eigenvalue weighted by atomic mass is 32.2. The van der Waals surface area contributed by atoms with E-state index in [1.807, 2.05) is 38.2 Å². The van der Waals surface area contributed by atoms with E-state index in [1.54, 1.807) is 59.6 Å². The molecular formula is C30H32N4O5S. The van der Waals surface area contributed by atoms with Crippen LogP contribution in [0, 0.1) is 0 Å². The summed E-state index contributed by atoms with van der Waals surface area (Å²) in [5.41, 5.74) is 2.76. The molecular weight excluding hydrogens is 528 g/mol. The van der Waals surface area contributed by atoms with Crippen LogP contribution in [-0.4, -0.2) is 68.9 Å². The predicted molar refractivity (Wildman–Crippen MR) is 155 cm³/mol. The zero-order valence-electron chi connectivity index (χ0n) is 22.7. The van der Waals surface area contributed by atoms with E-state index >= 15 is 0 Å². The van der Waals surface area contributed by atoms with E-state index in [-0.39, 0.29) is 16.8 Å². The summed E-state index contributed by atoms with van der Waals surface area (Å²) in [4.78, 5) is 32.9. The molecule has 1 N–H and O–H groups in total. The molecule has 1 heterocycles. The van der Waals surface area contributed by atoms with E-state index in [4.69, 9.17) is 4.74 Å². The molecule has 0 radical (unpaired) electrons. The molecule has 9 nitrogen and oxygen atoms in total. The van der Waals surface area contributed by atoms with Gasteiger partial charge in [-0.25, -0.2) is 13.2 Å². The summed E-state index contributed by atoms with van der Waals surface area (Å²) in [5, 5.41) is 0.730. The molecule has 3 aromatic carbocycles. The van der Waals surface area contributed by atoms with E-state index in [2.05, 4.69) is 14.6 Å². The average molecular weight is 561 g/mol. The fraction of sp³-hybridized carbons (Fsp3) is 0.233. The Bertz CT molecular complexity index is 1580. The molecule has 40 heavy (non-hydrogen) atoms. The van der Waals surface area contributed by atoms with Crippen LogP contribution in [0.4, 0.5) is 5.69 Å². The maximum atomic E-state index is 13.2. The Hall–Kier alpha value is -4.28. The number of amides is 1. The van der Waals surface area contributed by atoms with Crippen molar-refractivity contribution in [3.05, 3.63) is 102 Å². The fourth-order valence-corrected chi connectivity index (χ4v) is 5.56. The zero-order valence-corrected chi connectivity index (χ0v) is 23.5. The number of hydrogen-bond donors (Lipinski definition) is 1. The number of hydrogen-bond acceptors (Lipinski definition) is 7.